The lowest BCUT2D eigenvalue weighted by molar-refractivity contribution is 0.311. The number of hydrogen-bond donors (Lipinski definition) is 1. The Hall–Kier alpha value is -1.07. The highest BCUT2D eigenvalue weighted by Gasteiger charge is 2.07. The van der Waals surface area contributed by atoms with E-state index in [0.29, 0.717) is 22.5 Å². The van der Waals surface area contributed by atoms with Gasteiger partial charge in [-0.3, -0.25) is 0 Å². The third-order valence-corrected chi connectivity index (χ3v) is 3.46. The van der Waals surface area contributed by atoms with Gasteiger partial charge in [-0.2, -0.15) is 0 Å². The first-order valence-corrected chi connectivity index (χ1v) is 6.24. The molecule has 5 heteroatoms. The lowest BCUT2D eigenvalue weighted by atomic mass is 10.3. The predicted molar refractivity (Wildman–Crippen MR) is 67.2 cm³/mol. The molecule has 1 aromatic heterocycles. The minimum absolute atomic E-state index is 0.303. The highest BCUT2D eigenvalue weighted by Crippen LogP contribution is 2.29. The first-order chi connectivity index (χ1) is 7.66. The minimum atomic E-state index is -0.388. The normalized spacial score (nSPS) is 10.4. The Morgan fingerprint density at radius 2 is 2.25 bits per heavy atom. The maximum Gasteiger partial charge on any atom is 0.144 e. The lowest BCUT2D eigenvalue weighted by Gasteiger charge is -2.08. The summed E-state index contributed by atoms with van der Waals surface area (Å²) in [6.45, 7) is 0.444. The van der Waals surface area contributed by atoms with E-state index in [4.69, 9.17) is 10.5 Å². The number of nitrogen functional groups attached to an aromatic ring is 1. The summed E-state index contributed by atoms with van der Waals surface area (Å²) in [5, 5.41) is 1.97. The minimum Gasteiger partial charge on any atom is -0.486 e. The summed E-state index contributed by atoms with van der Waals surface area (Å²) in [4.78, 5) is 1.10. The zero-order valence-electron chi connectivity index (χ0n) is 8.24. The number of ether oxygens (including phenoxy) is 1. The Balaban J connectivity index is 2.12. The van der Waals surface area contributed by atoms with Crippen LogP contribution in [-0.4, -0.2) is 0 Å². The van der Waals surface area contributed by atoms with Gasteiger partial charge in [-0.25, -0.2) is 4.39 Å². The zero-order valence-corrected chi connectivity index (χ0v) is 10.6. The smallest absolute Gasteiger partial charge is 0.144 e. The summed E-state index contributed by atoms with van der Waals surface area (Å²) < 4.78 is 18.9. The molecule has 0 amide bonds. The van der Waals surface area contributed by atoms with Crippen LogP contribution in [0.5, 0.6) is 5.75 Å². The standard InChI is InChI=1S/C11H9BrFNOS/c12-8-4-11(10(14)5-9(8)13)15-6-7-2-1-3-16-7/h1-5H,6,14H2. The van der Waals surface area contributed by atoms with Gasteiger partial charge in [0.25, 0.3) is 0 Å². The van der Waals surface area contributed by atoms with Crippen LogP contribution in [0, 0.1) is 5.82 Å². The van der Waals surface area contributed by atoms with Crippen molar-refractivity contribution in [2.24, 2.45) is 0 Å². The second-order valence-electron chi connectivity index (χ2n) is 3.17. The molecule has 16 heavy (non-hydrogen) atoms. The monoisotopic (exact) mass is 301 g/mol. The molecule has 2 rings (SSSR count). The van der Waals surface area contributed by atoms with E-state index in [0.717, 1.165) is 4.88 Å². The fraction of sp³-hybridized carbons (Fsp3) is 0.0909. The van der Waals surface area contributed by atoms with Crippen LogP contribution in [0.15, 0.2) is 34.1 Å². The Morgan fingerprint density at radius 3 is 2.94 bits per heavy atom. The second kappa shape index (κ2) is 4.84. The van der Waals surface area contributed by atoms with Crippen molar-refractivity contribution in [1.29, 1.82) is 0 Å². The van der Waals surface area contributed by atoms with Gasteiger partial charge in [-0.05, 0) is 33.4 Å². The number of nitrogens with two attached hydrogens (primary N) is 1. The van der Waals surface area contributed by atoms with Crippen molar-refractivity contribution in [1.82, 2.24) is 0 Å². The summed E-state index contributed by atoms with van der Waals surface area (Å²) in [7, 11) is 0. The summed E-state index contributed by atoms with van der Waals surface area (Å²) in [6.07, 6.45) is 0. The lowest BCUT2D eigenvalue weighted by Crippen LogP contribution is -1.98. The quantitative estimate of drug-likeness (QED) is 0.875. The van der Waals surface area contributed by atoms with E-state index in [1.54, 1.807) is 11.3 Å². The van der Waals surface area contributed by atoms with Crippen LogP contribution in [0.3, 0.4) is 0 Å². The fourth-order valence-electron chi connectivity index (χ4n) is 1.21. The average molecular weight is 302 g/mol. The number of thiophene rings is 1. The molecule has 0 aliphatic rings. The maximum absolute atomic E-state index is 13.1. The van der Waals surface area contributed by atoms with Gasteiger partial charge >= 0.3 is 0 Å². The van der Waals surface area contributed by atoms with Crippen molar-refractivity contribution in [3.63, 3.8) is 0 Å². The predicted octanol–water partition coefficient (Wildman–Crippen LogP) is 3.81. The summed E-state index contributed by atoms with van der Waals surface area (Å²) in [6, 6.07) is 6.71. The molecule has 84 valence electrons. The number of benzene rings is 1. The van der Waals surface area contributed by atoms with Crippen LogP contribution in [0.4, 0.5) is 10.1 Å². The van der Waals surface area contributed by atoms with E-state index >= 15 is 0 Å². The molecule has 2 nitrogen and oxygen atoms in total. The molecule has 2 N–H and O–H groups in total. The third kappa shape index (κ3) is 2.54. The molecule has 0 atom stereocenters. The van der Waals surface area contributed by atoms with Crippen LogP contribution in [0.2, 0.25) is 0 Å². The van der Waals surface area contributed by atoms with Crippen molar-refractivity contribution in [3.8, 4) is 5.75 Å². The van der Waals surface area contributed by atoms with Gasteiger partial charge in [0.2, 0.25) is 0 Å². The molecule has 1 heterocycles. The maximum atomic E-state index is 13.1. The van der Waals surface area contributed by atoms with E-state index < -0.39 is 0 Å². The van der Waals surface area contributed by atoms with Gasteiger partial charge in [0, 0.05) is 10.9 Å². The molecule has 1 aromatic carbocycles. The molecule has 0 saturated carbocycles. The molecule has 0 unspecified atom stereocenters. The van der Waals surface area contributed by atoms with E-state index in [-0.39, 0.29) is 5.82 Å². The van der Waals surface area contributed by atoms with Gasteiger partial charge in [-0.15, -0.1) is 11.3 Å². The zero-order chi connectivity index (χ0) is 11.5. The van der Waals surface area contributed by atoms with Crippen LogP contribution < -0.4 is 10.5 Å². The number of rotatable bonds is 3. The molecule has 0 aliphatic heterocycles. The molecule has 0 aliphatic carbocycles. The van der Waals surface area contributed by atoms with Crippen molar-refractivity contribution >= 4 is 33.0 Å². The molecule has 0 saturated heterocycles. The summed E-state index contributed by atoms with van der Waals surface area (Å²) >= 11 is 4.69. The molecule has 0 bridgehead atoms. The second-order valence-corrected chi connectivity index (χ2v) is 5.06. The van der Waals surface area contributed by atoms with Crippen LogP contribution in [-0.2, 0) is 6.61 Å². The largest absolute Gasteiger partial charge is 0.486 e. The first kappa shape index (κ1) is 11.4. The molecule has 2 aromatic rings. The summed E-state index contributed by atoms with van der Waals surface area (Å²) in [5.74, 6) is 0.0997. The van der Waals surface area contributed by atoms with E-state index in [1.165, 1.54) is 12.1 Å². The highest BCUT2D eigenvalue weighted by molar-refractivity contribution is 9.10. The Kier molecular flexibility index (Phi) is 3.46. The molecular weight excluding hydrogens is 293 g/mol. The fourth-order valence-corrected chi connectivity index (χ4v) is 2.15. The van der Waals surface area contributed by atoms with Crippen molar-refractivity contribution in [2.75, 3.05) is 5.73 Å². The molecule has 0 radical (unpaired) electrons. The van der Waals surface area contributed by atoms with Gasteiger partial charge in [0.05, 0.1) is 10.2 Å². The van der Waals surface area contributed by atoms with E-state index in [1.807, 2.05) is 17.5 Å². The Morgan fingerprint density at radius 1 is 1.44 bits per heavy atom. The van der Waals surface area contributed by atoms with Gasteiger partial charge in [0.1, 0.15) is 18.2 Å². The van der Waals surface area contributed by atoms with E-state index in [2.05, 4.69) is 15.9 Å². The van der Waals surface area contributed by atoms with Gasteiger partial charge in [0.15, 0.2) is 0 Å². The number of halogens is 2. The van der Waals surface area contributed by atoms with E-state index in [9.17, 15) is 4.39 Å². The number of hydrogen-bond acceptors (Lipinski definition) is 3. The SMILES string of the molecule is Nc1cc(F)c(Br)cc1OCc1cccs1. The Bertz CT molecular complexity index is 487. The highest BCUT2D eigenvalue weighted by atomic mass is 79.9. The van der Waals surface area contributed by atoms with Crippen molar-refractivity contribution < 1.29 is 9.13 Å². The summed E-state index contributed by atoms with van der Waals surface area (Å²) in [5.41, 5.74) is 5.95. The topological polar surface area (TPSA) is 35.2 Å². The number of anilines is 1. The molecular formula is C11H9BrFNOS. The van der Waals surface area contributed by atoms with Crippen molar-refractivity contribution in [2.45, 2.75) is 6.61 Å². The molecule has 0 spiro atoms. The van der Waals surface area contributed by atoms with Gasteiger partial charge in [-0.1, -0.05) is 6.07 Å². The first-order valence-electron chi connectivity index (χ1n) is 4.56. The average Bonchev–Trinajstić information content (AvgIpc) is 2.74. The molecule has 0 fully saturated rings. The van der Waals surface area contributed by atoms with Crippen LogP contribution in [0.25, 0.3) is 0 Å². The van der Waals surface area contributed by atoms with Crippen LogP contribution in [0.1, 0.15) is 4.88 Å². The van der Waals surface area contributed by atoms with Crippen molar-refractivity contribution in [3.05, 3.63) is 44.8 Å². The van der Waals surface area contributed by atoms with Gasteiger partial charge < -0.3 is 10.5 Å². The third-order valence-electron chi connectivity index (χ3n) is 2.00. The van der Waals surface area contributed by atoms with Crippen LogP contribution >= 0.6 is 27.3 Å². The Labute approximate surface area is 105 Å².